The van der Waals surface area contributed by atoms with Gasteiger partial charge in [-0.1, -0.05) is 65.0 Å². The summed E-state index contributed by atoms with van der Waals surface area (Å²) in [5, 5.41) is 0. The van der Waals surface area contributed by atoms with Gasteiger partial charge in [0.15, 0.2) is 0 Å². The Balaban J connectivity index is 2.48. The summed E-state index contributed by atoms with van der Waals surface area (Å²) in [6, 6.07) is 0. The number of rotatable bonds is 7. The van der Waals surface area contributed by atoms with Crippen LogP contribution >= 0.6 is 0 Å². The molecule has 0 bridgehead atoms. The summed E-state index contributed by atoms with van der Waals surface area (Å²) in [5.74, 6) is 0.877. The fourth-order valence-corrected chi connectivity index (χ4v) is 3.21. The summed E-state index contributed by atoms with van der Waals surface area (Å²) in [7, 11) is 0. The standard InChI is InChI=1S/C18H34/c1-5-6-7-9-14-17(15-18(2,3)4)16-12-10-8-11-13-16/h12,17H,5-11,13-15H2,1-4H3. The molecule has 0 aliphatic heterocycles. The Hall–Kier alpha value is -0.260. The zero-order chi connectivity index (χ0) is 13.4. The molecule has 0 saturated carbocycles. The minimum absolute atomic E-state index is 0.480. The van der Waals surface area contributed by atoms with Crippen LogP contribution in [0.5, 0.6) is 0 Å². The third kappa shape index (κ3) is 6.61. The maximum atomic E-state index is 2.57. The smallest absolute Gasteiger partial charge is 0.0198 e. The quantitative estimate of drug-likeness (QED) is 0.357. The molecule has 106 valence electrons. The molecular formula is C18H34. The SMILES string of the molecule is CCCCCCC(CC(C)(C)C)C1=CCCCC1. The monoisotopic (exact) mass is 250 g/mol. The topological polar surface area (TPSA) is 0 Å². The van der Waals surface area contributed by atoms with E-state index >= 15 is 0 Å². The first kappa shape index (κ1) is 15.8. The van der Waals surface area contributed by atoms with Gasteiger partial charge in [-0.2, -0.15) is 0 Å². The molecule has 0 aromatic carbocycles. The molecule has 0 radical (unpaired) electrons. The second kappa shape index (κ2) is 8.02. The second-order valence-corrected chi connectivity index (χ2v) is 7.34. The molecule has 18 heavy (non-hydrogen) atoms. The van der Waals surface area contributed by atoms with Crippen molar-refractivity contribution < 1.29 is 0 Å². The molecule has 0 heteroatoms. The lowest BCUT2D eigenvalue weighted by Gasteiger charge is -2.30. The van der Waals surface area contributed by atoms with E-state index in [1.165, 1.54) is 64.2 Å². The maximum absolute atomic E-state index is 2.57. The average Bonchev–Trinajstić information content (AvgIpc) is 2.33. The van der Waals surface area contributed by atoms with Crippen LogP contribution in [0.15, 0.2) is 11.6 Å². The molecule has 0 heterocycles. The molecule has 0 N–H and O–H groups in total. The van der Waals surface area contributed by atoms with Crippen molar-refractivity contribution >= 4 is 0 Å². The van der Waals surface area contributed by atoms with Crippen molar-refractivity contribution in [2.24, 2.45) is 11.3 Å². The van der Waals surface area contributed by atoms with Crippen LogP contribution in [0.25, 0.3) is 0 Å². The van der Waals surface area contributed by atoms with Gasteiger partial charge in [-0.3, -0.25) is 0 Å². The van der Waals surface area contributed by atoms with Gasteiger partial charge in [0.1, 0.15) is 0 Å². The van der Waals surface area contributed by atoms with Gasteiger partial charge in [0.25, 0.3) is 0 Å². The third-order valence-electron chi connectivity index (χ3n) is 4.12. The van der Waals surface area contributed by atoms with Crippen LogP contribution in [0.1, 0.15) is 91.9 Å². The summed E-state index contributed by atoms with van der Waals surface area (Å²) >= 11 is 0. The van der Waals surface area contributed by atoms with Gasteiger partial charge in [-0.05, 0) is 49.9 Å². The Labute approximate surface area is 115 Å². The highest BCUT2D eigenvalue weighted by Crippen LogP contribution is 2.36. The summed E-state index contributed by atoms with van der Waals surface area (Å²) < 4.78 is 0. The van der Waals surface area contributed by atoms with Gasteiger partial charge >= 0.3 is 0 Å². The Morgan fingerprint density at radius 2 is 1.89 bits per heavy atom. The van der Waals surface area contributed by atoms with E-state index in [0.717, 1.165) is 5.92 Å². The fraction of sp³-hybridized carbons (Fsp3) is 0.889. The first-order valence-electron chi connectivity index (χ1n) is 8.22. The van der Waals surface area contributed by atoms with E-state index in [9.17, 15) is 0 Å². The van der Waals surface area contributed by atoms with Crippen molar-refractivity contribution in [2.45, 2.75) is 91.9 Å². The van der Waals surface area contributed by atoms with Crippen LogP contribution in [0.2, 0.25) is 0 Å². The van der Waals surface area contributed by atoms with Gasteiger partial charge < -0.3 is 0 Å². The van der Waals surface area contributed by atoms with Crippen LogP contribution in [0.3, 0.4) is 0 Å². The van der Waals surface area contributed by atoms with Gasteiger partial charge in [0.05, 0.1) is 0 Å². The van der Waals surface area contributed by atoms with Crippen LogP contribution in [-0.2, 0) is 0 Å². The second-order valence-electron chi connectivity index (χ2n) is 7.34. The summed E-state index contributed by atoms with van der Waals surface area (Å²) in [6.45, 7) is 9.50. The van der Waals surface area contributed by atoms with E-state index in [-0.39, 0.29) is 0 Å². The van der Waals surface area contributed by atoms with Crippen molar-refractivity contribution in [1.82, 2.24) is 0 Å². The molecule has 1 unspecified atom stereocenters. The van der Waals surface area contributed by atoms with E-state index in [0.29, 0.717) is 5.41 Å². The lowest BCUT2D eigenvalue weighted by atomic mass is 9.76. The highest BCUT2D eigenvalue weighted by atomic mass is 14.3. The van der Waals surface area contributed by atoms with Gasteiger partial charge in [0, 0.05) is 0 Å². The Morgan fingerprint density at radius 3 is 2.44 bits per heavy atom. The van der Waals surface area contributed by atoms with Gasteiger partial charge in [0.2, 0.25) is 0 Å². The molecule has 0 saturated heterocycles. The molecule has 1 rings (SSSR count). The summed E-state index contributed by atoms with van der Waals surface area (Å²) in [6.07, 6.45) is 16.6. The third-order valence-corrected chi connectivity index (χ3v) is 4.12. The van der Waals surface area contributed by atoms with E-state index in [2.05, 4.69) is 33.8 Å². The molecule has 1 atom stereocenters. The maximum Gasteiger partial charge on any atom is -0.0198 e. The van der Waals surface area contributed by atoms with Crippen molar-refractivity contribution in [2.75, 3.05) is 0 Å². The lowest BCUT2D eigenvalue weighted by Crippen LogP contribution is -2.16. The largest absolute Gasteiger partial charge is 0.0851 e. The minimum atomic E-state index is 0.480. The van der Waals surface area contributed by atoms with Crippen molar-refractivity contribution in [1.29, 1.82) is 0 Å². The van der Waals surface area contributed by atoms with Gasteiger partial charge in [-0.25, -0.2) is 0 Å². The van der Waals surface area contributed by atoms with Crippen molar-refractivity contribution in [3.8, 4) is 0 Å². The zero-order valence-corrected chi connectivity index (χ0v) is 13.2. The van der Waals surface area contributed by atoms with Gasteiger partial charge in [-0.15, -0.1) is 0 Å². The first-order chi connectivity index (χ1) is 8.53. The molecule has 1 aliphatic carbocycles. The highest BCUT2D eigenvalue weighted by molar-refractivity contribution is 5.10. The molecule has 0 aromatic heterocycles. The van der Waals surface area contributed by atoms with Crippen LogP contribution < -0.4 is 0 Å². The normalized spacial score (nSPS) is 18.6. The predicted octanol–water partition coefficient (Wildman–Crippen LogP) is 6.51. The Morgan fingerprint density at radius 1 is 1.11 bits per heavy atom. The molecular weight excluding hydrogens is 216 g/mol. The fourth-order valence-electron chi connectivity index (χ4n) is 3.21. The zero-order valence-electron chi connectivity index (χ0n) is 13.2. The Bertz CT molecular complexity index is 241. The molecule has 0 spiro atoms. The minimum Gasteiger partial charge on any atom is -0.0851 e. The number of hydrogen-bond acceptors (Lipinski definition) is 0. The van der Waals surface area contributed by atoms with Crippen molar-refractivity contribution in [3.63, 3.8) is 0 Å². The average molecular weight is 250 g/mol. The lowest BCUT2D eigenvalue weighted by molar-refractivity contribution is 0.296. The van der Waals surface area contributed by atoms with E-state index in [1.807, 2.05) is 0 Å². The highest BCUT2D eigenvalue weighted by Gasteiger charge is 2.22. The van der Waals surface area contributed by atoms with Crippen LogP contribution in [0, 0.1) is 11.3 Å². The van der Waals surface area contributed by atoms with E-state index in [1.54, 1.807) is 5.57 Å². The number of allylic oxidation sites excluding steroid dienone is 2. The molecule has 0 fully saturated rings. The predicted molar refractivity (Wildman–Crippen MR) is 82.9 cm³/mol. The summed E-state index contributed by atoms with van der Waals surface area (Å²) in [5.41, 5.74) is 2.28. The van der Waals surface area contributed by atoms with Crippen LogP contribution in [0.4, 0.5) is 0 Å². The molecule has 1 aliphatic rings. The number of unbranched alkanes of at least 4 members (excludes halogenated alkanes) is 3. The first-order valence-corrected chi connectivity index (χ1v) is 8.22. The Kier molecular flexibility index (Phi) is 7.04. The molecule has 0 nitrogen and oxygen atoms in total. The van der Waals surface area contributed by atoms with Crippen molar-refractivity contribution in [3.05, 3.63) is 11.6 Å². The molecule has 0 amide bonds. The number of hydrogen-bond donors (Lipinski definition) is 0. The van der Waals surface area contributed by atoms with Crippen LogP contribution in [-0.4, -0.2) is 0 Å². The molecule has 0 aromatic rings. The van der Waals surface area contributed by atoms with E-state index in [4.69, 9.17) is 0 Å². The van der Waals surface area contributed by atoms with E-state index < -0.39 is 0 Å². The summed E-state index contributed by atoms with van der Waals surface area (Å²) in [4.78, 5) is 0.